The number of nitrogens with two attached hydrogens (primary N) is 1. The maximum Gasteiger partial charge on any atom is 0.0925 e. The van der Waals surface area contributed by atoms with Crippen LogP contribution in [-0.4, -0.2) is 9.97 Å². The molecule has 0 saturated carbocycles. The Labute approximate surface area is 124 Å². The number of aromatic nitrogens is 2. The molecule has 1 heterocycles. The van der Waals surface area contributed by atoms with Crippen LogP contribution in [0.4, 0.5) is 5.69 Å². The van der Waals surface area contributed by atoms with Crippen molar-refractivity contribution in [2.24, 2.45) is 0 Å². The quantitative estimate of drug-likeness (QED) is 0.578. The van der Waals surface area contributed by atoms with E-state index in [1.54, 1.807) is 0 Å². The van der Waals surface area contributed by atoms with Crippen LogP contribution in [0.25, 0.3) is 22.3 Å². The Morgan fingerprint density at radius 1 is 1.00 bits per heavy atom. The number of aryl methyl sites for hydroxylation is 1. The molecule has 21 heavy (non-hydrogen) atoms. The number of fused-ring (bicyclic) bond motifs is 1. The van der Waals surface area contributed by atoms with Gasteiger partial charge in [-0.25, -0.2) is 9.97 Å². The highest BCUT2D eigenvalue weighted by Crippen LogP contribution is 2.25. The lowest BCUT2D eigenvalue weighted by atomic mass is 10.1. The zero-order chi connectivity index (χ0) is 14.7. The molecular weight excluding hydrogens is 258 g/mol. The Hall–Kier alpha value is -2.68. The maximum atomic E-state index is 5.84. The lowest BCUT2D eigenvalue weighted by Crippen LogP contribution is -1.99. The van der Waals surface area contributed by atoms with Gasteiger partial charge in [-0.1, -0.05) is 36.4 Å². The summed E-state index contributed by atoms with van der Waals surface area (Å²) in [5.74, 6) is 0. The average molecular weight is 275 g/mol. The Balaban J connectivity index is 2.20. The molecule has 0 aliphatic carbocycles. The standard InChI is InChI=1S/C18H17N3/c1-2-3-9-16-18(13-7-5-4-6-8-13)21-15-11-10-14(19)12-17(15)20-16/h2,4-8,10-12H,1,3,9,19H2. The summed E-state index contributed by atoms with van der Waals surface area (Å²) in [7, 11) is 0. The molecule has 0 bridgehead atoms. The van der Waals surface area contributed by atoms with Crippen LogP contribution in [0.3, 0.4) is 0 Å². The number of anilines is 1. The van der Waals surface area contributed by atoms with Crippen molar-refractivity contribution in [3.05, 3.63) is 66.9 Å². The maximum absolute atomic E-state index is 5.84. The van der Waals surface area contributed by atoms with Crippen molar-refractivity contribution in [3.8, 4) is 11.3 Å². The van der Waals surface area contributed by atoms with E-state index < -0.39 is 0 Å². The SMILES string of the molecule is C=CCCc1nc2cc(N)ccc2nc1-c1ccccc1. The van der Waals surface area contributed by atoms with E-state index in [0.29, 0.717) is 5.69 Å². The topological polar surface area (TPSA) is 51.8 Å². The second kappa shape index (κ2) is 5.75. The highest BCUT2D eigenvalue weighted by Gasteiger charge is 2.10. The first-order valence-corrected chi connectivity index (χ1v) is 7.00. The molecule has 3 rings (SSSR count). The van der Waals surface area contributed by atoms with E-state index >= 15 is 0 Å². The molecule has 0 aliphatic rings. The minimum Gasteiger partial charge on any atom is -0.399 e. The van der Waals surface area contributed by atoms with Gasteiger partial charge in [-0.2, -0.15) is 0 Å². The molecule has 1 aromatic heterocycles. The third-order valence-corrected chi connectivity index (χ3v) is 3.39. The summed E-state index contributed by atoms with van der Waals surface area (Å²) in [5.41, 5.74) is 11.3. The molecule has 104 valence electrons. The van der Waals surface area contributed by atoms with Crippen molar-refractivity contribution in [3.63, 3.8) is 0 Å². The van der Waals surface area contributed by atoms with Gasteiger partial charge in [0.15, 0.2) is 0 Å². The van der Waals surface area contributed by atoms with Gasteiger partial charge in [-0.05, 0) is 31.0 Å². The van der Waals surface area contributed by atoms with Gasteiger partial charge in [0.05, 0.1) is 22.4 Å². The van der Waals surface area contributed by atoms with Gasteiger partial charge in [-0.3, -0.25) is 0 Å². The Kier molecular flexibility index (Phi) is 3.65. The summed E-state index contributed by atoms with van der Waals surface area (Å²) in [6, 6.07) is 15.8. The van der Waals surface area contributed by atoms with Gasteiger partial charge in [0.25, 0.3) is 0 Å². The second-order valence-electron chi connectivity index (χ2n) is 4.96. The van der Waals surface area contributed by atoms with Crippen LogP contribution in [0.2, 0.25) is 0 Å². The molecule has 0 unspecified atom stereocenters. The molecule has 3 aromatic rings. The zero-order valence-electron chi connectivity index (χ0n) is 11.8. The molecule has 0 amide bonds. The number of allylic oxidation sites excluding steroid dienone is 1. The van der Waals surface area contributed by atoms with E-state index in [9.17, 15) is 0 Å². The van der Waals surface area contributed by atoms with Gasteiger partial charge < -0.3 is 5.73 Å². The summed E-state index contributed by atoms with van der Waals surface area (Å²) in [5, 5.41) is 0. The monoisotopic (exact) mass is 275 g/mol. The second-order valence-corrected chi connectivity index (χ2v) is 4.96. The average Bonchev–Trinajstić information content (AvgIpc) is 2.52. The molecule has 0 spiro atoms. The lowest BCUT2D eigenvalue weighted by Gasteiger charge is -2.10. The van der Waals surface area contributed by atoms with Crippen LogP contribution in [0.1, 0.15) is 12.1 Å². The summed E-state index contributed by atoms with van der Waals surface area (Å²) in [6.45, 7) is 3.79. The number of hydrogen-bond acceptors (Lipinski definition) is 3. The van der Waals surface area contributed by atoms with Gasteiger partial charge >= 0.3 is 0 Å². The predicted molar refractivity (Wildman–Crippen MR) is 87.9 cm³/mol. The normalized spacial score (nSPS) is 10.7. The third kappa shape index (κ3) is 2.77. The third-order valence-electron chi connectivity index (χ3n) is 3.39. The predicted octanol–water partition coefficient (Wildman–Crippen LogP) is 4.00. The molecule has 0 aliphatic heterocycles. The Bertz CT molecular complexity index is 779. The Morgan fingerprint density at radius 2 is 1.81 bits per heavy atom. The van der Waals surface area contributed by atoms with Gasteiger partial charge in [-0.15, -0.1) is 6.58 Å². The summed E-state index contributed by atoms with van der Waals surface area (Å²) >= 11 is 0. The first-order chi connectivity index (χ1) is 10.3. The van der Waals surface area contributed by atoms with Crippen LogP contribution in [0, 0.1) is 0 Å². The number of nitrogen functional groups attached to an aromatic ring is 1. The first-order valence-electron chi connectivity index (χ1n) is 7.00. The molecule has 3 nitrogen and oxygen atoms in total. The summed E-state index contributed by atoms with van der Waals surface area (Å²) in [6.07, 6.45) is 3.60. The van der Waals surface area contributed by atoms with E-state index in [-0.39, 0.29) is 0 Å². The van der Waals surface area contributed by atoms with E-state index in [0.717, 1.165) is 40.8 Å². The van der Waals surface area contributed by atoms with E-state index in [4.69, 9.17) is 15.7 Å². The molecular formula is C18H17N3. The fraction of sp³-hybridized carbons (Fsp3) is 0.111. The molecule has 2 aromatic carbocycles. The van der Waals surface area contributed by atoms with Crippen LogP contribution in [0.15, 0.2) is 61.2 Å². The van der Waals surface area contributed by atoms with Crippen molar-refractivity contribution in [1.82, 2.24) is 9.97 Å². The van der Waals surface area contributed by atoms with Crippen molar-refractivity contribution in [2.75, 3.05) is 5.73 Å². The van der Waals surface area contributed by atoms with E-state index in [1.165, 1.54) is 0 Å². The van der Waals surface area contributed by atoms with Crippen LogP contribution < -0.4 is 5.73 Å². The Morgan fingerprint density at radius 3 is 2.57 bits per heavy atom. The van der Waals surface area contributed by atoms with Crippen molar-refractivity contribution >= 4 is 16.7 Å². The van der Waals surface area contributed by atoms with Crippen LogP contribution in [-0.2, 0) is 6.42 Å². The summed E-state index contributed by atoms with van der Waals surface area (Å²) in [4.78, 5) is 9.55. The van der Waals surface area contributed by atoms with Crippen LogP contribution in [0.5, 0.6) is 0 Å². The molecule has 0 radical (unpaired) electrons. The first kappa shape index (κ1) is 13.3. The zero-order valence-corrected chi connectivity index (χ0v) is 11.8. The fourth-order valence-corrected chi connectivity index (χ4v) is 2.35. The van der Waals surface area contributed by atoms with E-state index in [2.05, 4.69) is 18.7 Å². The molecule has 0 atom stereocenters. The van der Waals surface area contributed by atoms with Crippen molar-refractivity contribution in [2.45, 2.75) is 12.8 Å². The summed E-state index contributed by atoms with van der Waals surface area (Å²) < 4.78 is 0. The number of nitrogens with zero attached hydrogens (tertiary/aromatic N) is 2. The highest BCUT2D eigenvalue weighted by atomic mass is 14.8. The fourth-order valence-electron chi connectivity index (χ4n) is 2.35. The van der Waals surface area contributed by atoms with Crippen molar-refractivity contribution < 1.29 is 0 Å². The molecule has 0 fully saturated rings. The van der Waals surface area contributed by atoms with Gasteiger partial charge in [0, 0.05) is 11.3 Å². The minimum absolute atomic E-state index is 0.707. The van der Waals surface area contributed by atoms with Crippen LogP contribution >= 0.6 is 0 Å². The van der Waals surface area contributed by atoms with Gasteiger partial charge in [0.2, 0.25) is 0 Å². The van der Waals surface area contributed by atoms with E-state index in [1.807, 2.05) is 42.5 Å². The number of benzene rings is 2. The number of rotatable bonds is 4. The van der Waals surface area contributed by atoms with Crippen molar-refractivity contribution in [1.29, 1.82) is 0 Å². The number of hydrogen-bond donors (Lipinski definition) is 1. The van der Waals surface area contributed by atoms with Gasteiger partial charge in [0.1, 0.15) is 0 Å². The lowest BCUT2D eigenvalue weighted by molar-refractivity contribution is 0.948. The smallest absolute Gasteiger partial charge is 0.0925 e. The largest absolute Gasteiger partial charge is 0.399 e. The highest BCUT2D eigenvalue weighted by molar-refractivity contribution is 5.81. The molecule has 2 N–H and O–H groups in total. The molecule has 3 heteroatoms. The minimum atomic E-state index is 0.707. The molecule has 0 saturated heterocycles.